The Morgan fingerprint density at radius 1 is 1.41 bits per heavy atom. The van der Waals surface area contributed by atoms with Gasteiger partial charge in [0.15, 0.2) is 0 Å². The minimum absolute atomic E-state index is 0.701. The van der Waals surface area contributed by atoms with Gasteiger partial charge in [-0.15, -0.1) is 0 Å². The van der Waals surface area contributed by atoms with E-state index in [-0.39, 0.29) is 0 Å². The predicted molar refractivity (Wildman–Crippen MR) is 70.2 cm³/mol. The van der Waals surface area contributed by atoms with Gasteiger partial charge in [0, 0.05) is 23.2 Å². The van der Waals surface area contributed by atoms with Crippen LogP contribution in [0.1, 0.15) is 52.0 Å². The molecule has 0 spiro atoms. The van der Waals surface area contributed by atoms with Gasteiger partial charge < -0.3 is 4.57 Å². The van der Waals surface area contributed by atoms with Gasteiger partial charge in [-0.25, -0.2) is 4.99 Å². The molecule has 0 aromatic carbocycles. The molecule has 17 heavy (non-hydrogen) atoms. The number of hydrogen-bond acceptors (Lipinski definition) is 1. The highest BCUT2D eigenvalue weighted by Crippen LogP contribution is 2.29. The summed E-state index contributed by atoms with van der Waals surface area (Å²) in [5.74, 6) is 0. The maximum absolute atomic E-state index is 4.87. The van der Waals surface area contributed by atoms with Crippen LogP contribution in [0.4, 0.5) is 0 Å². The maximum atomic E-state index is 4.87. The standard InChI is InChI=1S/C15H20N2/c1-3-12-7-8-13-9-10-17(14-5-4-6-14)15(13)16-11(12)2/h8-10,14H,3-7H2,1-2H3. The van der Waals surface area contributed by atoms with Crippen molar-refractivity contribution in [1.29, 1.82) is 0 Å². The second-order valence-electron chi connectivity index (χ2n) is 5.15. The Bertz CT molecular complexity index is 571. The molecule has 1 aliphatic heterocycles. The molecule has 2 aliphatic rings. The number of rotatable bonds is 2. The van der Waals surface area contributed by atoms with Crippen molar-refractivity contribution in [2.75, 3.05) is 0 Å². The summed E-state index contributed by atoms with van der Waals surface area (Å²) in [5, 5.41) is 1.32. The van der Waals surface area contributed by atoms with Crippen LogP contribution >= 0.6 is 0 Å². The number of nitrogens with zero attached hydrogens (tertiary/aromatic N) is 2. The zero-order valence-corrected chi connectivity index (χ0v) is 10.7. The van der Waals surface area contributed by atoms with Crippen LogP contribution in [0.15, 0.2) is 28.5 Å². The largest absolute Gasteiger partial charge is 0.329 e. The monoisotopic (exact) mass is 228 g/mol. The van der Waals surface area contributed by atoms with Crippen molar-refractivity contribution in [2.24, 2.45) is 4.99 Å². The van der Waals surface area contributed by atoms with Crippen molar-refractivity contribution < 1.29 is 0 Å². The first-order chi connectivity index (χ1) is 8.29. The minimum atomic E-state index is 0.701. The van der Waals surface area contributed by atoms with Gasteiger partial charge in [-0.3, -0.25) is 0 Å². The highest BCUT2D eigenvalue weighted by Gasteiger charge is 2.20. The average Bonchev–Trinajstić information content (AvgIpc) is 2.55. The number of aromatic nitrogens is 1. The predicted octanol–water partition coefficient (Wildman–Crippen LogP) is 2.70. The highest BCUT2D eigenvalue weighted by molar-refractivity contribution is 5.33. The van der Waals surface area contributed by atoms with Gasteiger partial charge in [-0.1, -0.05) is 13.0 Å². The van der Waals surface area contributed by atoms with Gasteiger partial charge in [0.2, 0.25) is 0 Å². The summed E-state index contributed by atoms with van der Waals surface area (Å²) in [6, 6.07) is 2.93. The van der Waals surface area contributed by atoms with Gasteiger partial charge in [0.05, 0.1) is 0 Å². The summed E-state index contributed by atoms with van der Waals surface area (Å²) in [6.07, 6.45) is 10.7. The molecule has 1 aromatic rings. The van der Waals surface area contributed by atoms with Crippen LogP contribution in [0.25, 0.3) is 6.08 Å². The third kappa shape index (κ3) is 1.76. The molecule has 2 heteroatoms. The van der Waals surface area contributed by atoms with E-state index in [9.17, 15) is 0 Å². The van der Waals surface area contributed by atoms with E-state index >= 15 is 0 Å². The van der Waals surface area contributed by atoms with Crippen LogP contribution < -0.4 is 10.7 Å². The highest BCUT2D eigenvalue weighted by atomic mass is 15.1. The third-order valence-corrected chi connectivity index (χ3v) is 4.17. The molecule has 2 nitrogen and oxygen atoms in total. The van der Waals surface area contributed by atoms with E-state index in [4.69, 9.17) is 4.99 Å². The van der Waals surface area contributed by atoms with Crippen LogP contribution in [-0.4, -0.2) is 4.57 Å². The van der Waals surface area contributed by atoms with E-state index < -0.39 is 0 Å². The van der Waals surface area contributed by atoms with Gasteiger partial charge in [-0.05, 0) is 50.7 Å². The Balaban J connectivity index is 2.14. The summed E-state index contributed by atoms with van der Waals surface area (Å²) in [4.78, 5) is 4.87. The Hall–Kier alpha value is -1.31. The fourth-order valence-electron chi connectivity index (χ4n) is 2.71. The Labute approximate surface area is 102 Å². The molecule has 1 saturated carbocycles. The number of allylic oxidation sites excluding steroid dienone is 2. The summed E-state index contributed by atoms with van der Waals surface area (Å²) >= 11 is 0. The molecule has 90 valence electrons. The first-order valence-corrected chi connectivity index (χ1v) is 6.74. The summed E-state index contributed by atoms with van der Waals surface area (Å²) in [7, 11) is 0. The molecule has 0 bridgehead atoms. The lowest BCUT2D eigenvalue weighted by Gasteiger charge is -2.27. The summed E-state index contributed by atoms with van der Waals surface area (Å²) in [5.41, 5.74) is 3.89. The Morgan fingerprint density at radius 3 is 2.88 bits per heavy atom. The van der Waals surface area contributed by atoms with Crippen LogP contribution in [0.3, 0.4) is 0 Å². The van der Waals surface area contributed by atoms with E-state index in [2.05, 4.69) is 36.8 Å². The van der Waals surface area contributed by atoms with Gasteiger partial charge in [-0.2, -0.15) is 0 Å². The Morgan fingerprint density at radius 2 is 2.24 bits per heavy atom. The molecule has 0 N–H and O–H groups in total. The molecule has 3 rings (SSSR count). The lowest BCUT2D eigenvalue weighted by molar-refractivity contribution is 0.306. The van der Waals surface area contributed by atoms with Crippen molar-refractivity contribution in [1.82, 2.24) is 4.57 Å². The molecular weight excluding hydrogens is 208 g/mol. The second-order valence-corrected chi connectivity index (χ2v) is 5.15. The first-order valence-electron chi connectivity index (χ1n) is 6.74. The van der Waals surface area contributed by atoms with Crippen molar-refractivity contribution >= 4 is 6.08 Å². The number of fused-ring (bicyclic) bond motifs is 1. The van der Waals surface area contributed by atoms with Gasteiger partial charge >= 0.3 is 0 Å². The van der Waals surface area contributed by atoms with Gasteiger partial charge in [0.25, 0.3) is 0 Å². The van der Waals surface area contributed by atoms with Crippen molar-refractivity contribution in [3.05, 3.63) is 34.2 Å². The van der Waals surface area contributed by atoms with Crippen LogP contribution in [0.5, 0.6) is 0 Å². The molecule has 2 heterocycles. The molecule has 0 atom stereocenters. The van der Waals surface area contributed by atoms with Crippen LogP contribution in [0, 0.1) is 0 Å². The van der Waals surface area contributed by atoms with Crippen molar-refractivity contribution in [3.8, 4) is 0 Å². The van der Waals surface area contributed by atoms with E-state index in [0.717, 1.165) is 12.8 Å². The van der Waals surface area contributed by atoms with Crippen LogP contribution in [-0.2, 0) is 0 Å². The minimum Gasteiger partial charge on any atom is -0.329 e. The number of hydrogen-bond donors (Lipinski definition) is 0. The molecule has 0 amide bonds. The molecule has 1 aliphatic carbocycles. The molecule has 0 radical (unpaired) electrons. The fraction of sp³-hybridized carbons (Fsp3) is 0.533. The second kappa shape index (κ2) is 4.17. The fourth-order valence-corrected chi connectivity index (χ4v) is 2.71. The summed E-state index contributed by atoms with van der Waals surface area (Å²) in [6.45, 7) is 4.37. The van der Waals surface area contributed by atoms with E-state index in [0.29, 0.717) is 6.04 Å². The quantitative estimate of drug-likeness (QED) is 0.740. The smallest absolute Gasteiger partial charge is 0.140 e. The van der Waals surface area contributed by atoms with Crippen LogP contribution in [0.2, 0.25) is 0 Å². The van der Waals surface area contributed by atoms with Gasteiger partial charge in [0.1, 0.15) is 5.49 Å². The Kier molecular flexibility index (Phi) is 2.65. The molecular formula is C15H20N2. The SMILES string of the molecule is CCC1=C(C)N=c2c(ccn2C2CCC2)=CC1. The van der Waals surface area contributed by atoms with E-state index in [1.54, 1.807) is 0 Å². The van der Waals surface area contributed by atoms with E-state index in [1.807, 2.05) is 0 Å². The molecule has 1 aromatic heterocycles. The normalized spacial score (nSPS) is 20.1. The zero-order valence-electron chi connectivity index (χ0n) is 10.7. The lowest BCUT2D eigenvalue weighted by Crippen LogP contribution is -2.33. The summed E-state index contributed by atoms with van der Waals surface area (Å²) < 4.78 is 2.39. The maximum Gasteiger partial charge on any atom is 0.140 e. The topological polar surface area (TPSA) is 17.3 Å². The molecule has 0 saturated heterocycles. The van der Waals surface area contributed by atoms with Crippen molar-refractivity contribution in [3.63, 3.8) is 0 Å². The molecule has 1 fully saturated rings. The first kappa shape index (κ1) is 10.8. The average molecular weight is 228 g/mol. The molecule has 0 unspecified atom stereocenters. The lowest BCUT2D eigenvalue weighted by atomic mass is 9.93. The van der Waals surface area contributed by atoms with E-state index in [1.165, 1.54) is 41.2 Å². The zero-order chi connectivity index (χ0) is 11.8. The third-order valence-electron chi connectivity index (χ3n) is 4.17. The van der Waals surface area contributed by atoms with Crippen molar-refractivity contribution in [2.45, 2.75) is 52.0 Å².